The van der Waals surface area contributed by atoms with E-state index in [-0.39, 0.29) is 44.6 Å². The highest BCUT2D eigenvalue weighted by Gasteiger charge is 2.44. The topological polar surface area (TPSA) is 159 Å². The van der Waals surface area contributed by atoms with Crippen LogP contribution in [0.4, 0.5) is 0 Å². The second-order valence-electron chi connectivity index (χ2n) is 9.85. The largest absolute Gasteiger partial charge is 0.497 e. The summed E-state index contributed by atoms with van der Waals surface area (Å²) in [5, 5.41) is 8.52. The van der Waals surface area contributed by atoms with Crippen molar-refractivity contribution in [2.75, 3.05) is 26.9 Å². The van der Waals surface area contributed by atoms with E-state index in [1.54, 1.807) is 18.0 Å². The van der Waals surface area contributed by atoms with Crippen LogP contribution in [0.2, 0.25) is 0 Å². The molecule has 0 saturated carbocycles. The highest BCUT2D eigenvalue weighted by atomic mass is 32.1. The molecule has 1 aromatic carbocycles. The average Bonchev–Trinajstić information content (AvgIpc) is 3.42. The molecular formula is C27H38N4O10S. The van der Waals surface area contributed by atoms with Gasteiger partial charge in [0, 0.05) is 31.2 Å². The van der Waals surface area contributed by atoms with Gasteiger partial charge in [0.15, 0.2) is 6.29 Å². The third kappa shape index (κ3) is 9.94. The third-order valence-corrected chi connectivity index (χ3v) is 6.81. The number of rotatable bonds is 15. The Morgan fingerprint density at radius 2 is 1.93 bits per heavy atom. The number of nitrogens with zero attached hydrogens (tertiary/aromatic N) is 3. The molecule has 1 saturated heterocycles. The standard InChI is InChI=1S/C27H38N4O10S/c1-16-17(2)27(37-15-22(38-18(3)32)14-36-10-9-25(34)41-30-42)40-24(26(16)39-19(4)33)13-31-12-23(28-29-31)20-7-6-8-21(11-20)35-5/h6-8,11-12,16-17,22,24,26-27,30,42H,9-10,13-15H2,1-5H3/t16-,17?,22?,24?,26-,27+/m1/s1. The molecule has 0 amide bonds. The van der Waals surface area contributed by atoms with E-state index < -0.39 is 42.5 Å². The zero-order chi connectivity index (χ0) is 30.6. The molecule has 42 heavy (non-hydrogen) atoms. The summed E-state index contributed by atoms with van der Waals surface area (Å²) in [5.41, 5.74) is 1.47. The predicted molar refractivity (Wildman–Crippen MR) is 150 cm³/mol. The fraction of sp³-hybridized carbons (Fsp3) is 0.593. The van der Waals surface area contributed by atoms with Gasteiger partial charge < -0.3 is 33.3 Å². The Morgan fingerprint density at radius 1 is 1.14 bits per heavy atom. The Kier molecular flexibility index (Phi) is 13.0. The van der Waals surface area contributed by atoms with Gasteiger partial charge in [0.2, 0.25) is 0 Å². The van der Waals surface area contributed by atoms with Gasteiger partial charge in [0.25, 0.3) is 0 Å². The van der Waals surface area contributed by atoms with Crippen molar-refractivity contribution in [3.05, 3.63) is 30.5 Å². The van der Waals surface area contributed by atoms with E-state index in [0.717, 1.165) is 5.56 Å². The number of thiol groups is 1. The maximum atomic E-state index is 12.0. The molecule has 2 heterocycles. The maximum absolute atomic E-state index is 12.0. The highest BCUT2D eigenvalue weighted by Crippen LogP contribution is 2.34. The number of ether oxygens (including phenoxy) is 6. The molecule has 232 valence electrons. The summed E-state index contributed by atoms with van der Waals surface area (Å²) in [6.07, 6.45) is -0.897. The van der Waals surface area contributed by atoms with Crippen molar-refractivity contribution in [2.45, 2.75) is 65.3 Å². The van der Waals surface area contributed by atoms with Crippen LogP contribution in [-0.4, -0.2) is 84.4 Å². The van der Waals surface area contributed by atoms with Crippen molar-refractivity contribution in [2.24, 2.45) is 11.8 Å². The highest BCUT2D eigenvalue weighted by molar-refractivity contribution is 7.77. The quantitative estimate of drug-likeness (QED) is 0.0994. The fourth-order valence-electron chi connectivity index (χ4n) is 4.48. The first-order chi connectivity index (χ1) is 20.1. The number of nitrogens with one attached hydrogen (secondary N) is 1. The first-order valence-electron chi connectivity index (χ1n) is 13.4. The van der Waals surface area contributed by atoms with E-state index in [2.05, 4.69) is 28.0 Å². The minimum Gasteiger partial charge on any atom is -0.497 e. The second kappa shape index (κ2) is 16.4. The van der Waals surface area contributed by atoms with E-state index >= 15 is 0 Å². The van der Waals surface area contributed by atoms with Crippen LogP contribution >= 0.6 is 12.8 Å². The van der Waals surface area contributed by atoms with Gasteiger partial charge in [-0.05, 0) is 12.1 Å². The smallest absolute Gasteiger partial charge is 0.328 e. The van der Waals surface area contributed by atoms with E-state index in [9.17, 15) is 14.4 Å². The molecule has 1 aromatic heterocycles. The first-order valence-corrected chi connectivity index (χ1v) is 13.9. The summed E-state index contributed by atoms with van der Waals surface area (Å²) in [6, 6.07) is 7.46. The van der Waals surface area contributed by atoms with E-state index in [0.29, 0.717) is 11.4 Å². The Hall–Kier alpha value is -3.24. The Labute approximate surface area is 249 Å². The summed E-state index contributed by atoms with van der Waals surface area (Å²) in [4.78, 5) is 41.6. The molecular weight excluding hydrogens is 572 g/mol. The van der Waals surface area contributed by atoms with Gasteiger partial charge in [-0.15, -0.1) is 5.10 Å². The van der Waals surface area contributed by atoms with Gasteiger partial charge in [-0.25, -0.2) is 4.68 Å². The number of hydrogen-bond acceptors (Lipinski definition) is 14. The van der Waals surface area contributed by atoms with Gasteiger partial charge in [-0.3, -0.25) is 14.4 Å². The van der Waals surface area contributed by atoms with Gasteiger partial charge in [-0.2, -0.15) is 0 Å². The number of aromatic nitrogens is 3. The minimum absolute atomic E-state index is 0.0106. The van der Waals surface area contributed by atoms with Crippen molar-refractivity contribution in [3.63, 3.8) is 0 Å². The molecule has 14 nitrogen and oxygen atoms in total. The van der Waals surface area contributed by atoms with Crippen LogP contribution in [0, 0.1) is 11.8 Å². The Bertz CT molecular complexity index is 1180. The summed E-state index contributed by atoms with van der Waals surface area (Å²) >= 11 is 3.59. The normalized spacial score (nSPS) is 22.7. The van der Waals surface area contributed by atoms with Crippen LogP contribution in [0.3, 0.4) is 0 Å². The van der Waals surface area contributed by atoms with Crippen LogP contribution in [-0.2, 0) is 49.5 Å². The number of hydrogen-bond donors (Lipinski definition) is 2. The summed E-state index contributed by atoms with van der Waals surface area (Å²) < 4.78 is 35.8. The predicted octanol–water partition coefficient (Wildman–Crippen LogP) is 2.13. The Balaban J connectivity index is 1.67. The van der Waals surface area contributed by atoms with Crippen molar-refractivity contribution >= 4 is 30.7 Å². The monoisotopic (exact) mass is 610 g/mol. The van der Waals surface area contributed by atoms with Crippen LogP contribution in [0.15, 0.2) is 30.5 Å². The van der Waals surface area contributed by atoms with Crippen LogP contribution in [0.25, 0.3) is 11.3 Å². The number of methoxy groups -OCH3 is 1. The number of carbonyl (C=O) groups excluding carboxylic acids is 3. The number of benzene rings is 1. The molecule has 6 atom stereocenters. The third-order valence-electron chi connectivity index (χ3n) is 6.72. The molecule has 1 N–H and O–H groups in total. The van der Waals surface area contributed by atoms with Crippen molar-refractivity contribution in [1.29, 1.82) is 0 Å². The van der Waals surface area contributed by atoms with Crippen LogP contribution in [0.1, 0.15) is 34.1 Å². The van der Waals surface area contributed by atoms with Gasteiger partial charge in [0.1, 0.15) is 29.8 Å². The first kappa shape index (κ1) is 33.3. The second-order valence-corrected chi connectivity index (χ2v) is 10.0. The number of carbonyl (C=O) groups is 3. The van der Waals surface area contributed by atoms with E-state index in [4.69, 9.17) is 28.4 Å². The van der Waals surface area contributed by atoms with Gasteiger partial charge in [-0.1, -0.05) is 48.9 Å². The average molecular weight is 611 g/mol. The van der Waals surface area contributed by atoms with Crippen molar-refractivity contribution < 1.29 is 47.6 Å². The molecule has 1 aliphatic rings. The lowest BCUT2D eigenvalue weighted by Crippen LogP contribution is -2.53. The molecule has 1 fully saturated rings. The van der Waals surface area contributed by atoms with Crippen LogP contribution < -0.4 is 9.62 Å². The molecule has 0 spiro atoms. The Morgan fingerprint density at radius 3 is 2.62 bits per heavy atom. The molecule has 15 heteroatoms. The maximum Gasteiger partial charge on any atom is 0.328 e. The fourth-order valence-corrected chi connectivity index (χ4v) is 4.59. The van der Waals surface area contributed by atoms with Gasteiger partial charge >= 0.3 is 17.9 Å². The van der Waals surface area contributed by atoms with E-state index in [1.165, 1.54) is 13.8 Å². The zero-order valence-corrected chi connectivity index (χ0v) is 25.2. The van der Waals surface area contributed by atoms with Gasteiger partial charge in [0.05, 0.1) is 46.1 Å². The molecule has 0 aliphatic carbocycles. The summed E-state index contributed by atoms with van der Waals surface area (Å²) in [7, 11) is 1.59. The summed E-state index contributed by atoms with van der Waals surface area (Å²) in [6.45, 7) is 6.76. The van der Waals surface area contributed by atoms with Crippen molar-refractivity contribution in [3.8, 4) is 17.0 Å². The SMILES string of the molecule is COc1cccc(-c2cn(CC3O[C@H](OCC(COCCC(=O)ONS)OC(C)=O)C(C)[C@@H](C)[C@H]3OC(C)=O)nn2)c1. The summed E-state index contributed by atoms with van der Waals surface area (Å²) in [5.74, 6) is -1.13. The molecule has 1 aliphatic heterocycles. The van der Waals surface area contributed by atoms with Crippen molar-refractivity contribution in [1.82, 2.24) is 19.9 Å². The molecule has 2 aromatic rings. The molecule has 3 rings (SSSR count). The van der Waals surface area contributed by atoms with E-state index in [1.807, 2.05) is 43.0 Å². The lowest BCUT2D eigenvalue weighted by molar-refractivity contribution is -0.275. The molecule has 0 radical (unpaired) electrons. The zero-order valence-electron chi connectivity index (χ0n) is 24.3. The lowest BCUT2D eigenvalue weighted by Gasteiger charge is -2.43. The molecule has 3 unspecified atom stereocenters. The number of esters is 2. The molecule has 0 bridgehead atoms. The van der Waals surface area contributed by atoms with Crippen LogP contribution in [0.5, 0.6) is 5.75 Å². The minimum atomic E-state index is -0.752. The lowest BCUT2D eigenvalue weighted by atomic mass is 9.84.